The van der Waals surface area contributed by atoms with Crippen LogP contribution in [-0.4, -0.2) is 34.1 Å². The summed E-state index contributed by atoms with van der Waals surface area (Å²) < 4.78 is 15.0. The molecule has 0 saturated heterocycles. The van der Waals surface area contributed by atoms with Crippen LogP contribution < -0.4 is 10.6 Å². The van der Waals surface area contributed by atoms with Gasteiger partial charge in [-0.05, 0) is 54.3 Å². The SMILES string of the molecule is CN=C(NCCc1ccc(F)cc1C)NCc1ccnc(-n2ccnc2)c1. The molecule has 0 fully saturated rings. The van der Waals surface area contributed by atoms with E-state index in [-0.39, 0.29) is 5.82 Å². The molecule has 0 bridgehead atoms. The minimum atomic E-state index is -0.200. The van der Waals surface area contributed by atoms with Crippen LogP contribution in [0.2, 0.25) is 0 Å². The molecule has 0 aliphatic carbocycles. The van der Waals surface area contributed by atoms with Gasteiger partial charge in [-0.3, -0.25) is 9.56 Å². The number of aliphatic imine (C=N–C) groups is 1. The number of hydrogen-bond donors (Lipinski definition) is 2. The molecule has 0 saturated carbocycles. The van der Waals surface area contributed by atoms with E-state index in [4.69, 9.17) is 0 Å². The molecule has 27 heavy (non-hydrogen) atoms. The number of aromatic nitrogens is 3. The highest BCUT2D eigenvalue weighted by molar-refractivity contribution is 5.79. The fraction of sp³-hybridized carbons (Fsp3) is 0.250. The summed E-state index contributed by atoms with van der Waals surface area (Å²) in [7, 11) is 1.74. The van der Waals surface area contributed by atoms with Crippen LogP contribution >= 0.6 is 0 Å². The molecular weight excluding hydrogens is 343 g/mol. The number of imidazole rings is 1. The van der Waals surface area contributed by atoms with Gasteiger partial charge >= 0.3 is 0 Å². The molecule has 3 rings (SSSR count). The molecule has 1 aromatic carbocycles. The molecule has 2 N–H and O–H groups in total. The van der Waals surface area contributed by atoms with Gasteiger partial charge in [0, 0.05) is 38.7 Å². The first-order valence-electron chi connectivity index (χ1n) is 8.78. The van der Waals surface area contributed by atoms with Crippen molar-refractivity contribution in [3.63, 3.8) is 0 Å². The van der Waals surface area contributed by atoms with Gasteiger partial charge in [-0.15, -0.1) is 0 Å². The standard InChI is InChI=1S/C20H23FN6/c1-15-11-18(21)4-3-17(15)6-8-25-20(22-2)26-13-16-5-7-24-19(12-16)27-10-9-23-14-27/h3-5,7,9-12,14H,6,8,13H2,1-2H3,(H2,22,25,26). The predicted molar refractivity (Wildman–Crippen MR) is 104 cm³/mol. The number of pyridine rings is 1. The number of aryl methyl sites for hydroxylation is 1. The Bertz CT molecular complexity index is 905. The summed E-state index contributed by atoms with van der Waals surface area (Å²) in [5, 5.41) is 6.58. The number of benzene rings is 1. The summed E-state index contributed by atoms with van der Waals surface area (Å²) in [6, 6.07) is 8.85. The summed E-state index contributed by atoms with van der Waals surface area (Å²) in [4.78, 5) is 12.6. The number of halogens is 1. The van der Waals surface area contributed by atoms with Gasteiger partial charge in [0.05, 0.1) is 0 Å². The summed E-state index contributed by atoms with van der Waals surface area (Å²) in [5.41, 5.74) is 3.17. The largest absolute Gasteiger partial charge is 0.356 e. The van der Waals surface area contributed by atoms with Crippen LogP contribution in [0, 0.1) is 12.7 Å². The maximum atomic E-state index is 13.2. The van der Waals surface area contributed by atoms with Crippen LogP contribution in [-0.2, 0) is 13.0 Å². The van der Waals surface area contributed by atoms with Gasteiger partial charge in [-0.25, -0.2) is 14.4 Å². The summed E-state index contributed by atoms with van der Waals surface area (Å²) >= 11 is 0. The highest BCUT2D eigenvalue weighted by Crippen LogP contribution is 2.10. The molecule has 0 aliphatic heterocycles. The summed E-state index contributed by atoms with van der Waals surface area (Å²) in [6.45, 7) is 3.26. The first-order chi connectivity index (χ1) is 13.2. The van der Waals surface area contributed by atoms with Crippen LogP contribution in [0.15, 0.2) is 60.2 Å². The Morgan fingerprint density at radius 2 is 2.07 bits per heavy atom. The lowest BCUT2D eigenvalue weighted by molar-refractivity contribution is 0.625. The second-order valence-electron chi connectivity index (χ2n) is 6.17. The van der Waals surface area contributed by atoms with E-state index in [0.717, 1.165) is 34.9 Å². The zero-order valence-electron chi connectivity index (χ0n) is 15.5. The number of nitrogens with one attached hydrogen (secondary N) is 2. The molecule has 2 heterocycles. The van der Waals surface area contributed by atoms with Gasteiger partial charge in [0.15, 0.2) is 5.96 Å². The third-order valence-corrected chi connectivity index (χ3v) is 4.25. The summed E-state index contributed by atoms with van der Waals surface area (Å²) in [6.07, 6.45) is 7.88. The fourth-order valence-corrected chi connectivity index (χ4v) is 2.77. The van der Waals surface area contributed by atoms with Crippen LogP contribution in [0.3, 0.4) is 0 Å². The number of guanidine groups is 1. The Labute approximate surface area is 158 Å². The normalized spacial score (nSPS) is 11.4. The quantitative estimate of drug-likeness (QED) is 0.520. The van der Waals surface area contributed by atoms with Crippen molar-refractivity contribution in [2.45, 2.75) is 19.9 Å². The van der Waals surface area contributed by atoms with Crippen molar-refractivity contribution in [3.05, 3.63) is 77.8 Å². The molecule has 0 radical (unpaired) electrons. The number of nitrogens with zero attached hydrogens (tertiary/aromatic N) is 4. The van der Waals surface area contributed by atoms with Gasteiger partial charge in [0.1, 0.15) is 18.0 Å². The average Bonchev–Trinajstić information content (AvgIpc) is 3.21. The molecule has 2 aromatic heterocycles. The van der Waals surface area contributed by atoms with Gasteiger partial charge in [0.25, 0.3) is 0 Å². The van der Waals surface area contributed by atoms with E-state index in [2.05, 4.69) is 25.6 Å². The first-order valence-corrected chi connectivity index (χ1v) is 8.78. The molecule has 7 heteroatoms. The summed E-state index contributed by atoms with van der Waals surface area (Å²) in [5.74, 6) is 1.34. The van der Waals surface area contributed by atoms with Crippen LogP contribution in [0.5, 0.6) is 0 Å². The van der Waals surface area contributed by atoms with Crippen molar-refractivity contribution >= 4 is 5.96 Å². The van der Waals surface area contributed by atoms with Crippen molar-refractivity contribution in [1.29, 1.82) is 0 Å². The molecule has 140 valence electrons. The molecule has 0 amide bonds. The zero-order chi connectivity index (χ0) is 19.1. The van der Waals surface area contributed by atoms with E-state index < -0.39 is 0 Å². The van der Waals surface area contributed by atoms with Crippen molar-refractivity contribution in [3.8, 4) is 5.82 Å². The van der Waals surface area contributed by atoms with E-state index in [9.17, 15) is 4.39 Å². The maximum Gasteiger partial charge on any atom is 0.191 e. The number of hydrogen-bond acceptors (Lipinski definition) is 3. The van der Waals surface area contributed by atoms with Crippen molar-refractivity contribution in [2.24, 2.45) is 4.99 Å². The van der Waals surface area contributed by atoms with E-state index in [1.807, 2.05) is 35.9 Å². The van der Waals surface area contributed by atoms with Crippen molar-refractivity contribution in [1.82, 2.24) is 25.2 Å². The fourth-order valence-electron chi connectivity index (χ4n) is 2.77. The number of rotatable bonds is 6. The zero-order valence-corrected chi connectivity index (χ0v) is 15.5. The Hall–Kier alpha value is -3.22. The monoisotopic (exact) mass is 366 g/mol. The van der Waals surface area contributed by atoms with Gasteiger partial charge in [-0.2, -0.15) is 0 Å². The lowest BCUT2D eigenvalue weighted by atomic mass is 10.1. The Balaban J connectivity index is 1.51. The molecule has 0 aliphatic rings. The Morgan fingerprint density at radius 1 is 1.19 bits per heavy atom. The smallest absolute Gasteiger partial charge is 0.191 e. The minimum absolute atomic E-state index is 0.200. The van der Waals surface area contributed by atoms with Gasteiger partial charge < -0.3 is 10.6 Å². The third kappa shape index (κ3) is 5.13. The maximum absolute atomic E-state index is 13.2. The second kappa shape index (κ2) is 8.93. The van der Waals surface area contributed by atoms with E-state index in [1.165, 1.54) is 6.07 Å². The topological polar surface area (TPSA) is 67.1 Å². The van der Waals surface area contributed by atoms with E-state index in [0.29, 0.717) is 13.1 Å². The van der Waals surface area contributed by atoms with Gasteiger partial charge in [-0.1, -0.05) is 6.07 Å². The minimum Gasteiger partial charge on any atom is -0.356 e. The van der Waals surface area contributed by atoms with E-state index in [1.54, 1.807) is 31.8 Å². The highest BCUT2D eigenvalue weighted by atomic mass is 19.1. The van der Waals surface area contributed by atoms with Crippen molar-refractivity contribution in [2.75, 3.05) is 13.6 Å². The Kier molecular flexibility index (Phi) is 6.14. The van der Waals surface area contributed by atoms with Gasteiger partial charge in [0.2, 0.25) is 0 Å². The highest BCUT2D eigenvalue weighted by Gasteiger charge is 2.03. The lowest BCUT2D eigenvalue weighted by Gasteiger charge is -2.13. The molecular formula is C20H23FN6. The average molecular weight is 366 g/mol. The molecule has 0 atom stereocenters. The lowest BCUT2D eigenvalue weighted by Crippen LogP contribution is -2.37. The second-order valence-corrected chi connectivity index (χ2v) is 6.17. The van der Waals surface area contributed by atoms with Crippen LogP contribution in [0.25, 0.3) is 5.82 Å². The molecule has 3 aromatic rings. The van der Waals surface area contributed by atoms with E-state index >= 15 is 0 Å². The predicted octanol–water partition coefficient (Wildman–Crippen LogP) is 2.62. The molecule has 0 unspecified atom stereocenters. The van der Waals surface area contributed by atoms with Crippen molar-refractivity contribution < 1.29 is 4.39 Å². The third-order valence-electron chi connectivity index (χ3n) is 4.25. The first kappa shape index (κ1) is 18.6. The molecule has 0 spiro atoms. The van der Waals surface area contributed by atoms with Crippen LogP contribution in [0.1, 0.15) is 16.7 Å². The van der Waals surface area contributed by atoms with Crippen LogP contribution in [0.4, 0.5) is 4.39 Å². The Morgan fingerprint density at radius 3 is 2.81 bits per heavy atom. The molecule has 6 nitrogen and oxygen atoms in total.